The van der Waals surface area contributed by atoms with E-state index < -0.39 is 39.7 Å². The van der Waals surface area contributed by atoms with Crippen LogP contribution >= 0.6 is 57.6 Å². The standard InChI is InChI=1S/C26H16Cl2N4O6S3/c27-15-8-3-12(10-16(15)28)29-18(33)11-30-25-22(41-26(30)36)19(17-2-1-9-39-17)20-21(40-25)24(35)31(23(20)34)13-4-6-14(7-5-13)32(37)38/h1-10,19-21H,11H2,(H,29,33)/t19-,20-,21+/m0/s1. The molecule has 2 aromatic heterocycles. The second-order valence-corrected chi connectivity index (χ2v) is 13.1. The summed E-state index contributed by atoms with van der Waals surface area (Å²) in [5.41, 5.74) is 0.467. The van der Waals surface area contributed by atoms with E-state index in [0.29, 0.717) is 20.6 Å². The van der Waals surface area contributed by atoms with Gasteiger partial charge in [-0.3, -0.25) is 33.9 Å². The van der Waals surface area contributed by atoms with Crippen molar-refractivity contribution in [3.8, 4) is 0 Å². The lowest BCUT2D eigenvalue weighted by Gasteiger charge is -2.29. The van der Waals surface area contributed by atoms with Gasteiger partial charge in [0.2, 0.25) is 17.7 Å². The van der Waals surface area contributed by atoms with Crippen LogP contribution in [0.4, 0.5) is 17.1 Å². The van der Waals surface area contributed by atoms with E-state index in [2.05, 4.69) is 5.32 Å². The fourth-order valence-electron chi connectivity index (χ4n) is 4.93. The molecule has 4 aromatic rings. The van der Waals surface area contributed by atoms with Crippen molar-refractivity contribution in [1.29, 1.82) is 0 Å². The summed E-state index contributed by atoms with van der Waals surface area (Å²) < 4.78 is 1.32. The fraction of sp³-hybridized carbons (Fsp3) is 0.154. The van der Waals surface area contributed by atoms with Crippen molar-refractivity contribution in [2.45, 2.75) is 22.7 Å². The lowest BCUT2D eigenvalue weighted by molar-refractivity contribution is -0.384. The van der Waals surface area contributed by atoms with Crippen LogP contribution in [0.25, 0.3) is 0 Å². The summed E-state index contributed by atoms with van der Waals surface area (Å²) in [6.45, 7) is -0.319. The molecule has 208 valence electrons. The van der Waals surface area contributed by atoms with Crippen molar-refractivity contribution in [1.82, 2.24) is 4.57 Å². The van der Waals surface area contributed by atoms with Gasteiger partial charge in [0.25, 0.3) is 5.69 Å². The predicted molar refractivity (Wildman–Crippen MR) is 159 cm³/mol. The number of carbonyl (C=O) groups excluding carboxylic acids is 3. The number of aromatic nitrogens is 1. The topological polar surface area (TPSA) is 132 Å². The summed E-state index contributed by atoms with van der Waals surface area (Å²) in [5.74, 6) is -2.80. The molecule has 2 aliphatic rings. The number of imide groups is 1. The number of thiophene rings is 1. The Morgan fingerprint density at radius 2 is 1.78 bits per heavy atom. The lowest BCUT2D eigenvalue weighted by Crippen LogP contribution is -2.32. The number of hydrogen-bond donors (Lipinski definition) is 1. The number of nitro groups is 1. The number of thioether (sulfide) groups is 1. The highest BCUT2D eigenvalue weighted by molar-refractivity contribution is 8.00. The minimum Gasteiger partial charge on any atom is -0.324 e. The quantitative estimate of drug-likeness (QED) is 0.163. The van der Waals surface area contributed by atoms with Gasteiger partial charge in [-0.05, 0) is 41.8 Å². The Hall–Kier alpha value is -3.49. The van der Waals surface area contributed by atoms with Crippen molar-refractivity contribution >= 4 is 92.4 Å². The smallest absolute Gasteiger partial charge is 0.308 e. The Morgan fingerprint density at radius 1 is 1.02 bits per heavy atom. The van der Waals surface area contributed by atoms with Crippen LogP contribution in [0.3, 0.4) is 0 Å². The number of nitrogens with one attached hydrogen (secondary N) is 1. The summed E-state index contributed by atoms with van der Waals surface area (Å²) in [7, 11) is 0. The molecule has 3 amide bonds. The number of amides is 3. The number of anilines is 2. The van der Waals surface area contributed by atoms with Gasteiger partial charge < -0.3 is 5.32 Å². The van der Waals surface area contributed by atoms with E-state index in [1.165, 1.54) is 46.2 Å². The SMILES string of the molecule is O=C(Cn1c2c(sc1=O)[C@@H](c1cccs1)[C@@H]1C(=O)N(c3ccc([N+](=O)[O-])cc3)C(=O)[C@@H]1S2)Nc1ccc(Cl)c(Cl)c1. The van der Waals surface area contributed by atoms with E-state index in [1.807, 2.05) is 17.5 Å². The second-order valence-electron chi connectivity index (χ2n) is 9.14. The Labute approximate surface area is 253 Å². The number of hydrogen-bond acceptors (Lipinski definition) is 9. The van der Waals surface area contributed by atoms with Crippen LogP contribution in [0.5, 0.6) is 0 Å². The molecular formula is C26H16Cl2N4O6S3. The molecule has 0 unspecified atom stereocenters. The molecule has 0 saturated carbocycles. The van der Waals surface area contributed by atoms with Gasteiger partial charge in [-0.25, -0.2) is 4.90 Å². The first-order valence-electron chi connectivity index (χ1n) is 11.9. The van der Waals surface area contributed by atoms with Crippen molar-refractivity contribution in [3.63, 3.8) is 0 Å². The first-order chi connectivity index (χ1) is 19.6. The molecule has 1 N–H and O–H groups in total. The van der Waals surface area contributed by atoms with E-state index in [9.17, 15) is 29.3 Å². The van der Waals surface area contributed by atoms with Crippen LogP contribution in [0, 0.1) is 16.0 Å². The highest BCUT2D eigenvalue weighted by atomic mass is 35.5. The summed E-state index contributed by atoms with van der Waals surface area (Å²) in [4.78, 5) is 66.3. The fourth-order valence-corrected chi connectivity index (χ4v) is 8.95. The molecule has 0 bridgehead atoms. The van der Waals surface area contributed by atoms with Gasteiger partial charge in [-0.15, -0.1) is 11.3 Å². The first-order valence-corrected chi connectivity index (χ1v) is 15.3. The first kappa shape index (κ1) is 27.7. The lowest BCUT2D eigenvalue weighted by atomic mass is 9.87. The molecule has 6 rings (SSSR count). The zero-order valence-electron chi connectivity index (χ0n) is 20.5. The zero-order chi connectivity index (χ0) is 29.0. The molecule has 1 fully saturated rings. The molecule has 0 aliphatic carbocycles. The highest BCUT2D eigenvalue weighted by Gasteiger charge is 2.57. The van der Waals surface area contributed by atoms with Crippen molar-refractivity contribution in [3.05, 3.63) is 99.6 Å². The van der Waals surface area contributed by atoms with Crippen molar-refractivity contribution in [2.75, 3.05) is 10.2 Å². The van der Waals surface area contributed by atoms with Gasteiger partial charge in [0.15, 0.2) is 0 Å². The summed E-state index contributed by atoms with van der Waals surface area (Å²) in [5, 5.41) is 15.8. The molecule has 4 heterocycles. The monoisotopic (exact) mass is 646 g/mol. The Kier molecular flexibility index (Phi) is 7.24. The minimum absolute atomic E-state index is 0.165. The predicted octanol–water partition coefficient (Wildman–Crippen LogP) is 5.62. The molecule has 41 heavy (non-hydrogen) atoms. The molecule has 0 spiro atoms. The van der Waals surface area contributed by atoms with Crippen LogP contribution in [0.2, 0.25) is 10.0 Å². The Morgan fingerprint density at radius 3 is 2.44 bits per heavy atom. The van der Waals surface area contributed by atoms with Crippen LogP contribution in [-0.2, 0) is 20.9 Å². The molecule has 10 nitrogen and oxygen atoms in total. The van der Waals surface area contributed by atoms with Gasteiger partial charge in [-0.1, -0.05) is 52.4 Å². The Bertz CT molecular complexity index is 1790. The van der Waals surface area contributed by atoms with E-state index >= 15 is 0 Å². The maximum atomic E-state index is 13.8. The largest absolute Gasteiger partial charge is 0.324 e. The highest BCUT2D eigenvalue weighted by Crippen LogP contribution is 2.54. The Balaban J connectivity index is 1.36. The van der Waals surface area contributed by atoms with Crippen molar-refractivity contribution < 1.29 is 19.3 Å². The maximum Gasteiger partial charge on any atom is 0.308 e. The third-order valence-corrected chi connectivity index (χ3v) is 11.0. The van der Waals surface area contributed by atoms with Gasteiger partial charge in [0, 0.05) is 33.5 Å². The van der Waals surface area contributed by atoms with Gasteiger partial charge in [-0.2, -0.15) is 0 Å². The molecule has 1 saturated heterocycles. The third-order valence-electron chi connectivity index (χ3n) is 6.72. The summed E-state index contributed by atoms with van der Waals surface area (Å²) in [6, 6.07) is 13.5. The molecule has 15 heteroatoms. The van der Waals surface area contributed by atoms with Crippen LogP contribution in [0.1, 0.15) is 15.7 Å². The van der Waals surface area contributed by atoms with Crippen LogP contribution < -0.4 is 15.1 Å². The maximum absolute atomic E-state index is 13.8. The molecule has 0 radical (unpaired) electrons. The average molecular weight is 648 g/mol. The minimum atomic E-state index is -0.865. The van der Waals surface area contributed by atoms with E-state index in [1.54, 1.807) is 12.1 Å². The summed E-state index contributed by atoms with van der Waals surface area (Å²) >= 11 is 15.4. The van der Waals surface area contributed by atoms with Gasteiger partial charge >= 0.3 is 4.87 Å². The second kappa shape index (κ2) is 10.7. The number of nitrogens with zero attached hydrogens (tertiary/aromatic N) is 3. The number of non-ortho nitro benzene ring substituents is 1. The number of nitro benzene ring substituents is 1. The average Bonchev–Trinajstić information content (AvgIpc) is 3.64. The zero-order valence-corrected chi connectivity index (χ0v) is 24.4. The van der Waals surface area contributed by atoms with E-state index in [0.717, 1.165) is 32.9 Å². The van der Waals surface area contributed by atoms with E-state index in [4.69, 9.17) is 23.2 Å². The number of rotatable bonds is 6. The normalized spacial score (nSPS) is 19.7. The number of fused-ring (bicyclic) bond motifs is 2. The third kappa shape index (κ3) is 4.87. The van der Waals surface area contributed by atoms with Gasteiger partial charge in [0.1, 0.15) is 11.8 Å². The number of benzene rings is 2. The van der Waals surface area contributed by atoms with Crippen LogP contribution in [0.15, 0.2) is 69.8 Å². The molecule has 2 aromatic carbocycles. The number of carbonyl (C=O) groups is 3. The van der Waals surface area contributed by atoms with E-state index in [-0.39, 0.29) is 27.8 Å². The molecular weight excluding hydrogens is 631 g/mol. The van der Waals surface area contributed by atoms with Crippen molar-refractivity contribution in [2.24, 2.45) is 5.92 Å². The molecule has 2 aliphatic heterocycles. The van der Waals surface area contributed by atoms with Gasteiger partial charge in [0.05, 0.1) is 31.6 Å². The number of halogens is 2. The van der Waals surface area contributed by atoms with Crippen LogP contribution in [-0.4, -0.2) is 32.5 Å². The summed E-state index contributed by atoms with van der Waals surface area (Å²) in [6.07, 6.45) is 0. The number of thiazole rings is 1. The molecule has 3 atom stereocenters.